The van der Waals surface area contributed by atoms with E-state index in [4.69, 9.17) is 14.3 Å². The molecule has 0 aliphatic heterocycles. The third-order valence-corrected chi connectivity index (χ3v) is 2.14. The van der Waals surface area contributed by atoms with E-state index in [0.29, 0.717) is 0 Å². The molecule has 0 unspecified atom stereocenters. The second kappa shape index (κ2) is 7.17. The minimum Gasteiger partial charge on any atom is -0.441 e. The Balaban J connectivity index is 2.51. The van der Waals surface area contributed by atoms with E-state index >= 15 is 0 Å². The van der Waals surface area contributed by atoms with Gasteiger partial charge >= 0.3 is 12.0 Å². The van der Waals surface area contributed by atoms with Gasteiger partial charge in [-0.1, -0.05) is 6.08 Å². The molecular weight excluding hydrogens is 256 g/mol. The van der Waals surface area contributed by atoms with Crippen LogP contribution in [0, 0.1) is 10.1 Å². The molecule has 1 heterocycles. The molecule has 1 amide bonds. The van der Waals surface area contributed by atoms with Gasteiger partial charge in [0.15, 0.2) is 6.61 Å². The second-order valence-corrected chi connectivity index (χ2v) is 3.51. The summed E-state index contributed by atoms with van der Waals surface area (Å²) in [4.78, 5) is 22.6. The Morgan fingerprint density at radius 1 is 1.63 bits per heavy atom. The Bertz CT molecular complexity index is 456. The zero-order valence-electron chi connectivity index (χ0n) is 10.2. The summed E-state index contributed by atoms with van der Waals surface area (Å²) in [7, 11) is 0. The van der Waals surface area contributed by atoms with Gasteiger partial charge in [0.1, 0.15) is 10.7 Å². The van der Waals surface area contributed by atoms with Crippen molar-refractivity contribution in [2.45, 2.75) is 6.61 Å². The van der Waals surface area contributed by atoms with Gasteiger partial charge in [0.25, 0.3) is 0 Å². The smallest absolute Gasteiger partial charge is 0.433 e. The van der Waals surface area contributed by atoms with Crippen molar-refractivity contribution in [2.24, 2.45) is 0 Å². The van der Waals surface area contributed by atoms with E-state index < -0.39 is 16.9 Å². The first kappa shape index (κ1) is 14.7. The number of carbonyl (C=O) groups excluding carboxylic acids is 1. The summed E-state index contributed by atoms with van der Waals surface area (Å²) in [5, 5.41) is 19.2. The van der Waals surface area contributed by atoms with Crippen molar-refractivity contribution in [3.8, 4) is 0 Å². The molecule has 8 heteroatoms. The van der Waals surface area contributed by atoms with Crippen LogP contribution in [0.15, 0.2) is 29.2 Å². The van der Waals surface area contributed by atoms with Crippen LogP contribution in [-0.4, -0.2) is 40.7 Å². The van der Waals surface area contributed by atoms with Crippen molar-refractivity contribution in [1.82, 2.24) is 4.90 Å². The van der Waals surface area contributed by atoms with Crippen LogP contribution in [0.4, 0.5) is 10.7 Å². The minimum atomic E-state index is -0.679. The molecule has 0 aliphatic carbocycles. The number of amides is 1. The van der Waals surface area contributed by atoms with Crippen LogP contribution in [0.5, 0.6) is 0 Å². The molecule has 0 aromatic carbocycles. The van der Waals surface area contributed by atoms with Gasteiger partial charge in [-0.2, -0.15) is 0 Å². The number of nitrogens with zero attached hydrogens (tertiary/aromatic N) is 2. The molecule has 1 aromatic rings. The molecule has 0 saturated heterocycles. The number of aliphatic hydroxyl groups is 1. The maximum absolute atomic E-state index is 11.6. The quantitative estimate of drug-likeness (QED) is 0.454. The Kier molecular flexibility index (Phi) is 5.55. The summed E-state index contributed by atoms with van der Waals surface area (Å²) < 4.78 is 9.73. The fourth-order valence-corrected chi connectivity index (χ4v) is 1.30. The average Bonchev–Trinajstić information content (AvgIpc) is 2.84. The highest BCUT2D eigenvalue weighted by Crippen LogP contribution is 2.16. The van der Waals surface area contributed by atoms with Crippen molar-refractivity contribution < 1.29 is 24.0 Å². The van der Waals surface area contributed by atoms with Crippen molar-refractivity contribution in [2.75, 3.05) is 19.7 Å². The molecule has 0 bridgehead atoms. The Morgan fingerprint density at radius 3 is 2.89 bits per heavy atom. The summed E-state index contributed by atoms with van der Waals surface area (Å²) in [6.45, 7) is 3.41. The van der Waals surface area contributed by atoms with E-state index in [1.807, 2.05) is 0 Å². The van der Waals surface area contributed by atoms with Crippen LogP contribution < -0.4 is 0 Å². The fourth-order valence-electron chi connectivity index (χ4n) is 1.30. The van der Waals surface area contributed by atoms with Gasteiger partial charge in [0, 0.05) is 13.1 Å². The standard InChI is InChI=1S/C11H14N2O6/c1-2-5-12(6-7-14)11(15)18-8-9-3-4-10(19-9)13(16)17/h2-4,14H,1,5-8H2. The maximum Gasteiger partial charge on any atom is 0.433 e. The van der Waals surface area contributed by atoms with Gasteiger partial charge in [-0.3, -0.25) is 10.1 Å². The molecule has 0 saturated carbocycles. The first-order valence-corrected chi connectivity index (χ1v) is 5.45. The number of hydrogen-bond donors (Lipinski definition) is 1. The minimum absolute atomic E-state index is 0.114. The third kappa shape index (κ3) is 4.43. The topological polar surface area (TPSA) is 106 Å². The first-order chi connectivity index (χ1) is 9.08. The second-order valence-electron chi connectivity index (χ2n) is 3.51. The molecule has 19 heavy (non-hydrogen) atoms. The van der Waals surface area contributed by atoms with E-state index in [9.17, 15) is 14.9 Å². The van der Waals surface area contributed by atoms with E-state index in [0.717, 1.165) is 0 Å². The molecule has 104 valence electrons. The lowest BCUT2D eigenvalue weighted by atomic mass is 10.5. The molecule has 0 aliphatic rings. The van der Waals surface area contributed by atoms with Crippen molar-refractivity contribution in [3.05, 3.63) is 40.7 Å². The van der Waals surface area contributed by atoms with Crippen LogP contribution in [0.1, 0.15) is 5.76 Å². The van der Waals surface area contributed by atoms with E-state index in [2.05, 4.69) is 6.58 Å². The normalized spacial score (nSPS) is 9.95. The van der Waals surface area contributed by atoms with Gasteiger partial charge in [0.05, 0.1) is 12.7 Å². The molecule has 1 N–H and O–H groups in total. The molecule has 8 nitrogen and oxygen atoms in total. The summed E-state index contributed by atoms with van der Waals surface area (Å²) in [5.41, 5.74) is 0. The van der Waals surface area contributed by atoms with E-state index in [1.165, 1.54) is 23.1 Å². The Morgan fingerprint density at radius 2 is 2.37 bits per heavy atom. The fraction of sp³-hybridized carbons (Fsp3) is 0.364. The van der Waals surface area contributed by atoms with Gasteiger partial charge in [-0.15, -0.1) is 6.58 Å². The Labute approximate surface area is 109 Å². The Hall–Kier alpha value is -2.35. The number of furan rings is 1. The molecular formula is C11H14N2O6. The molecule has 0 atom stereocenters. The lowest BCUT2D eigenvalue weighted by Crippen LogP contribution is -2.34. The van der Waals surface area contributed by atoms with Crippen LogP contribution in [0.3, 0.4) is 0 Å². The summed E-state index contributed by atoms with van der Waals surface area (Å²) in [6, 6.07) is 2.54. The van der Waals surface area contributed by atoms with Gasteiger partial charge < -0.3 is 19.2 Å². The number of ether oxygens (including phenoxy) is 1. The predicted octanol–water partition coefficient (Wildman–Crippen LogP) is 1.30. The SMILES string of the molecule is C=CCN(CCO)C(=O)OCc1ccc([N+](=O)[O-])o1. The number of hydrogen-bond acceptors (Lipinski definition) is 6. The largest absolute Gasteiger partial charge is 0.441 e. The van der Waals surface area contributed by atoms with Gasteiger partial charge in [-0.05, 0) is 6.07 Å². The number of carbonyl (C=O) groups is 1. The molecule has 1 rings (SSSR count). The number of nitro groups is 1. The van der Waals surface area contributed by atoms with Gasteiger partial charge in [-0.25, -0.2) is 4.79 Å². The van der Waals surface area contributed by atoms with Crippen molar-refractivity contribution in [1.29, 1.82) is 0 Å². The average molecular weight is 270 g/mol. The van der Waals surface area contributed by atoms with Crippen LogP contribution in [0.25, 0.3) is 0 Å². The van der Waals surface area contributed by atoms with E-state index in [-0.39, 0.29) is 32.1 Å². The highest BCUT2D eigenvalue weighted by Gasteiger charge is 2.16. The van der Waals surface area contributed by atoms with Crippen molar-refractivity contribution >= 4 is 12.0 Å². The third-order valence-electron chi connectivity index (χ3n) is 2.14. The van der Waals surface area contributed by atoms with Crippen molar-refractivity contribution in [3.63, 3.8) is 0 Å². The lowest BCUT2D eigenvalue weighted by molar-refractivity contribution is -0.402. The predicted molar refractivity (Wildman–Crippen MR) is 64.4 cm³/mol. The zero-order valence-corrected chi connectivity index (χ0v) is 10.2. The first-order valence-electron chi connectivity index (χ1n) is 5.45. The molecule has 0 fully saturated rings. The maximum atomic E-state index is 11.6. The summed E-state index contributed by atoms with van der Waals surface area (Å²) in [5.74, 6) is -0.244. The molecule has 0 radical (unpaired) electrons. The number of rotatable bonds is 7. The summed E-state index contributed by atoms with van der Waals surface area (Å²) >= 11 is 0. The zero-order chi connectivity index (χ0) is 14.3. The highest BCUT2D eigenvalue weighted by molar-refractivity contribution is 5.67. The number of aliphatic hydroxyl groups excluding tert-OH is 1. The monoisotopic (exact) mass is 270 g/mol. The summed E-state index contributed by atoms with van der Waals surface area (Å²) in [6.07, 6.45) is 0.835. The van der Waals surface area contributed by atoms with Crippen LogP contribution in [0.2, 0.25) is 0 Å². The van der Waals surface area contributed by atoms with Crippen LogP contribution in [-0.2, 0) is 11.3 Å². The molecule has 1 aromatic heterocycles. The van der Waals surface area contributed by atoms with E-state index in [1.54, 1.807) is 0 Å². The van der Waals surface area contributed by atoms with Gasteiger partial charge in [0.2, 0.25) is 0 Å². The lowest BCUT2D eigenvalue weighted by Gasteiger charge is -2.18. The van der Waals surface area contributed by atoms with Crippen LogP contribution >= 0.6 is 0 Å². The molecule has 0 spiro atoms. The highest BCUT2D eigenvalue weighted by atomic mass is 16.7.